The van der Waals surface area contributed by atoms with E-state index in [2.05, 4.69) is 10.1 Å². The fraction of sp³-hybridized carbons (Fsp3) is 0.556. The summed E-state index contributed by atoms with van der Waals surface area (Å²) in [6.07, 6.45) is -0.746. The van der Waals surface area contributed by atoms with Gasteiger partial charge in [0.15, 0.2) is 5.78 Å². The average Bonchev–Trinajstić information content (AvgIpc) is 2.55. The van der Waals surface area contributed by atoms with Crippen molar-refractivity contribution in [2.75, 3.05) is 20.3 Å². The largest absolute Gasteiger partial charge is 0.490 e. The summed E-state index contributed by atoms with van der Waals surface area (Å²) in [5.41, 5.74) is 0.170. The normalized spacial score (nSPS) is 12.6. The number of benzene rings is 1. The minimum absolute atomic E-state index is 0.00247. The lowest BCUT2D eigenvalue weighted by Gasteiger charge is -2.23. The summed E-state index contributed by atoms with van der Waals surface area (Å²) in [6.45, 7) is 6.39. The highest BCUT2D eigenvalue weighted by Gasteiger charge is 2.17. The van der Waals surface area contributed by atoms with Crippen LogP contribution in [-0.2, 0) is 9.53 Å². The van der Waals surface area contributed by atoms with Crippen molar-refractivity contribution in [1.29, 1.82) is 0 Å². The summed E-state index contributed by atoms with van der Waals surface area (Å²) in [4.78, 5) is 23.5. The molecule has 0 heterocycles. The standard InChI is InChI=1S/C18H26ClNO5/c1-18(2,3)20-10-13(21)11-25-16-7-5-12(19)9-14(16)15(22)6-8-17(23)24-4/h5,7,9,13,20-21H,6,8,10-11H2,1-4H3. The highest BCUT2D eigenvalue weighted by Crippen LogP contribution is 2.25. The van der Waals surface area contributed by atoms with Gasteiger partial charge in [0.2, 0.25) is 0 Å². The summed E-state index contributed by atoms with van der Waals surface area (Å²) >= 11 is 5.95. The molecule has 0 saturated carbocycles. The lowest BCUT2D eigenvalue weighted by atomic mass is 10.1. The van der Waals surface area contributed by atoms with Crippen LogP contribution in [0.5, 0.6) is 5.75 Å². The Labute approximate surface area is 153 Å². The predicted octanol–water partition coefficient (Wildman–Crippen LogP) is 2.60. The molecule has 0 fully saturated rings. The molecule has 0 bridgehead atoms. The molecule has 1 aromatic rings. The Morgan fingerprint density at radius 3 is 2.56 bits per heavy atom. The summed E-state index contributed by atoms with van der Waals surface area (Å²) in [6, 6.07) is 4.68. The van der Waals surface area contributed by atoms with Crippen LogP contribution in [0.25, 0.3) is 0 Å². The van der Waals surface area contributed by atoms with Crippen LogP contribution < -0.4 is 10.1 Å². The summed E-state index contributed by atoms with van der Waals surface area (Å²) in [5, 5.41) is 13.6. The van der Waals surface area contributed by atoms with Crippen molar-refractivity contribution in [2.24, 2.45) is 0 Å². The van der Waals surface area contributed by atoms with Crippen LogP contribution >= 0.6 is 11.6 Å². The Bertz CT molecular complexity index is 598. The van der Waals surface area contributed by atoms with Gasteiger partial charge in [-0.15, -0.1) is 0 Å². The van der Waals surface area contributed by atoms with Gasteiger partial charge in [-0.05, 0) is 39.0 Å². The number of methoxy groups -OCH3 is 1. The second-order valence-corrected chi connectivity index (χ2v) is 7.17. The molecule has 0 aliphatic heterocycles. The SMILES string of the molecule is COC(=O)CCC(=O)c1cc(Cl)ccc1OCC(O)CNC(C)(C)C. The van der Waals surface area contributed by atoms with Crippen molar-refractivity contribution in [3.63, 3.8) is 0 Å². The number of esters is 1. The molecule has 25 heavy (non-hydrogen) atoms. The molecule has 6 nitrogen and oxygen atoms in total. The van der Waals surface area contributed by atoms with Crippen molar-refractivity contribution in [2.45, 2.75) is 45.3 Å². The molecule has 1 unspecified atom stereocenters. The maximum atomic E-state index is 12.3. The van der Waals surface area contributed by atoms with Crippen LogP contribution in [0.1, 0.15) is 44.0 Å². The molecule has 0 saturated heterocycles. The van der Waals surface area contributed by atoms with Gasteiger partial charge in [0, 0.05) is 23.5 Å². The molecule has 0 radical (unpaired) electrons. The van der Waals surface area contributed by atoms with Crippen molar-refractivity contribution in [3.8, 4) is 5.75 Å². The van der Waals surface area contributed by atoms with E-state index in [9.17, 15) is 14.7 Å². The van der Waals surface area contributed by atoms with Crippen molar-refractivity contribution < 1.29 is 24.2 Å². The number of hydrogen-bond acceptors (Lipinski definition) is 6. The topological polar surface area (TPSA) is 84.9 Å². The lowest BCUT2D eigenvalue weighted by molar-refractivity contribution is -0.140. The molecule has 0 spiro atoms. The second-order valence-electron chi connectivity index (χ2n) is 6.74. The number of ketones is 1. The Balaban J connectivity index is 2.70. The summed E-state index contributed by atoms with van der Waals surface area (Å²) < 4.78 is 10.1. The van der Waals surface area contributed by atoms with Crippen molar-refractivity contribution >= 4 is 23.4 Å². The fourth-order valence-corrected chi connectivity index (χ4v) is 2.14. The van der Waals surface area contributed by atoms with Gasteiger partial charge in [-0.3, -0.25) is 9.59 Å². The monoisotopic (exact) mass is 371 g/mol. The van der Waals surface area contributed by atoms with Crippen LogP contribution in [0.15, 0.2) is 18.2 Å². The molecule has 0 aromatic heterocycles. The summed E-state index contributed by atoms with van der Waals surface area (Å²) in [7, 11) is 1.27. The van der Waals surface area contributed by atoms with E-state index in [1.165, 1.54) is 13.2 Å². The predicted molar refractivity (Wildman–Crippen MR) is 96.3 cm³/mol. The zero-order valence-electron chi connectivity index (χ0n) is 15.1. The van der Waals surface area contributed by atoms with Crippen molar-refractivity contribution in [1.82, 2.24) is 5.32 Å². The van der Waals surface area contributed by atoms with Gasteiger partial charge >= 0.3 is 5.97 Å². The van der Waals surface area contributed by atoms with Crippen molar-refractivity contribution in [3.05, 3.63) is 28.8 Å². The van der Waals surface area contributed by atoms with Crippen LogP contribution in [0.3, 0.4) is 0 Å². The Hall–Kier alpha value is -1.63. The van der Waals surface area contributed by atoms with E-state index in [0.717, 1.165) is 0 Å². The molecular weight excluding hydrogens is 346 g/mol. The number of aliphatic hydroxyl groups is 1. The van der Waals surface area contributed by atoms with Gasteiger partial charge < -0.3 is 19.9 Å². The van der Waals surface area contributed by atoms with E-state index in [4.69, 9.17) is 16.3 Å². The molecule has 0 aliphatic rings. The van der Waals surface area contributed by atoms with Crippen LogP contribution in [0, 0.1) is 0 Å². The van der Waals surface area contributed by atoms with Gasteiger partial charge in [-0.25, -0.2) is 0 Å². The number of rotatable bonds is 9. The lowest BCUT2D eigenvalue weighted by Crippen LogP contribution is -2.42. The third-order valence-corrected chi connectivity index (χ3v) is 3.56. The number of halogens is 1. The van der Waals surface area contributed by atoms with E-state index >= 15 is 0 Å². The number of carbonyl (C=O) groups excluding carboxylic acids is 2. The van der Waals surface area contributed by atoms with Gasteiger partial charge in [0.1, 0.15) is 18.5 Å². The highest BCUT2D eigenvalue weighted by molar-refractivity contribution is 6.31. The Morgan fingerprint density at radius 2 is 1.96 bits per heavy atom. The number of ether oxygens (including phenoxy) is 2. The fourth-order valence-electron chi connectivity index (χ4n) is 1.97. The highest BCUT2D eigenvalue weighted by atomic mass is 35.5. The number of carbonyl (C=O) groups is 2. The van der Waals surface area contributed by atoms with Gasteiger partial charge in [-0.1, -0.05) is 11.6 Å². The molecule has 0 amide bonds. The van der Waals surface area contributed by atoms with E-state index < -0.39 is 12.1 Å². The average molecular weight is 372 g/mol. The molecule has 1 aromatic carbocycles. The number of hydrogen-bond donors (Lipinski definition) is 2. The molecule has 0 aliphatic carbocycles. The first-order chi connectivity index (χ1) is 11.6. The first-order valence-corrected chi connectivity index (χ1v) is 8.45. The number of nitrogens with one attached hydrogen (secondary N) is 1. The molecule has 1 rings (SSSR count). The van der Waals surface area contributed by atoms with Crippen LogP contribution in [0.4, 0.5) is 0 Å². The van der Waals surface area contributed by atoms with E-state index in [1.54, 1.807) is 12.1 Å². The van der Waals surface area contributed by atoms with Gasteiger partial charge in [0.05, 0.1) is 19.1 Å². The summed E-state index contributed by atoms with van der Waals surface area (Å²) in [5.74, 6) is -0.402. The number of Topliss-reactive ketones (excluding diaryl/α,β-unsaturated/α-hetero) is 1. The molecule has 1 atom stereocenters. The minimum Gasteiger partial charge on any atom is -0.490 e. The number of β-amino-alcohol motifs (C(OH)–C–C–N with tert-alkyl or cyclic N) is 1. The first-order valence-electron chi connectivity index (χ1n) is 8.08. The third-order valence-electron chi connectivity index (χ3n) is 3.33. The maximum Gasteiger partial charge on any atom is 0.305 e. The Morgan fingerprint density at radius 1 is 1.28 bits per heavy atom. The molecule has 7 heteroatoms. The first kappa shape index (κ1) is 21.4. The van der Waals surface area contributed by atoms with E-state index in [-0.39, 0.29) is 36.3 Å². The zero-order chi connectivity index (χ0) is 19.0. The molecular formula is C18H26ClNO5. The van der Waals surface area contributed by atoms with Gasteiger partial charge in [0.25, 0.3) is 0 Å². The van der Waals surface area contributed by atoms with Crippen LogP contribution in [-0.4, -0.2) is 48.8 Å². The quantitative estimate of drug-likeness (QED) is 0.512. The maximum absolute atomic E-state index is 12.3. The third kappa shape index (κ3) is 8.34. The smallest absolute Gasteiger partial charge is 0.305 e. The zero-order valence-corrected chi connectivity index (χ0v) is 15.9. The van der Waals surface area contributed by atoms with E-state index in [0.29, 0.717) is 17.3 Å². The van der Waals surface area contributed by atoms with Crippen LogP contribution in [0.2, 0.25) is 5.02 Å². The molecule has 140 valence electrons. The second kappa shape index (κ2) is 9.75. The molecule has 2 N–H and O–H groups in total. The minimum atomic E-state index is -0.729. The van der Waals surface area contributed by atoms with E-state index in [1.807, 2.05) is 20.8 Å². The van der Waals surface area contributed by atoms with Gasteiger partial charge in [-0.2, -0.15) is 0 Å². The number of aliphatic hydroxyl groups excluding tert-OH is 1. The Kier molecular flexibility index (Phi) is 8.35.